The van der Waals surface area contributed by atoms with Crippen molar-refractivity contribution in [2.75, 3.05) is 6.61 Å². The lowest BCUT2D eigenvalue weighted by Crippen LogP contribution is -2.43. The molecule has 0 bridgehead atoms. The molecule has 130 valence electrons. The molecule has 7 nitrogen and oxygen atoms in total. The van der Waals surface area contributed by atoms with Crippen molar-refractivity contribution in [3.8, 4) is 5.75 Å². The van der Waals surface area contributed by atoms with Gasteiger partial charge in [-0.3, -0.25) is 20.4 Å². The molecule has 0 aliphatic heterocycles. The second-order valence-electron chi connectivity index (χ2n) is 5.89. The van der Waals surface area contributed by atoms with Crippen molar-refractivity contribution in [1.82, 2.24) is 10.9 Å². The maximum atomic E-state index is 11.6. The van der Waals surface area contributed by atoms with Gasteiger partial charge in [-0.15, -0.1) is 0 Å². The zero-order valence-corrected chi connectivity index (χ0v) is 15.1. The van der Waals surface area contributed by atoms with Crippen LogP contribution in [0.3, 0.4) is 0 Å². The van der Waals surface area contributed by atoms with Crippen molar-refractivity contribution < 1.29 is 24.2 Å². The highest BCUT2D eigenvalue weighted by Gasteiger charge is 2.15. The van der Waals surface area contributed by atoms with Crippen LogP contribution in [-0.2, 0) is 19.8 Å². The number of amides is 2. The molecule has 3 N–H and O–H groups in total. The molecule has 0 spiro atoms. The molecule has 1 aromatic rings. The van der Waals surface area contributed by atoms with Gasteiger partial charge >= 0.3 is 5.97 Å². The molecule has 0 aliphatic carbocycles. The fraction of sp³-hybridized carbons (Fsp3) is 0.312. The summed E-state index contributed by atoms with van der Waals surface area (Å²) >= 11 is 3.39. The first kappa shape index (κ1) is 19.7. The predicted octanol–water partition coefficient (Wildman–Crippen LogP) is 1.91. The van der Waals surface area contributed by atoms with Crippen molar-refractivity contribution >= 4 is 33.7 Å². The Labute approximate surface area is 148 Å². The number of hydrogen-bond acceptors (Lipinski definition) is 4. The number of benzene rings is 1. The highest BCUT2D eigenvalue weighted by atomic mass is 79.9. The number of rotatable bonds is 5. The minimum Gasteiger partial charge on any atom is -0.483 e. The molecule has 1 rings (SSSR count). The van der Waals surface area contributed by atoms with E-state index < -0.39 is 17.8 Å². The Balaban J connectivity index is 2.50. The fourth-order valence-electron chi connectivity index (χ4n) is 1.58. The van der Waals surface area contributed by atoms with Crippen LogP contribution in [0.2, 0.25) is 0 Å². The summed E-state index contributed by atoms with van der Waals surface area (Å²) in [5.74, 6) is -2.11. The van der Waals surface area contributed by atoms with E-state index in [0.717, 1.165) is 16.1 Å². The zero-order chi connectivity index (χ0) is 18.3. The second-order valence-corrected chi connectivity index (χ2v) is 6.75. The van der Waals surface area contributed by atoms with Crippen LogP contribution in [0.4, 0.5) is 0 Å². The van der Waals surface area contributed by atoms with E-state index >= 15 is 0 Å². The summed E-state index contributed by atoms with van der Waals surface area (Å²) in [6.07, 6.45) is 1.44. The third kappa shape index (κ3) is 6.82. The molecular formula is C16H19BrN2O5. The van der Waals surface area contributed by atoms with Gasteiger partial charge in [0.1, 0.15) is 5.75 Å². The van der Waals surface area contributed by atoms with Gasteiger partial charge in [0.05, 0.1) is 4.47 Å². The van der Waals surface area contributed by atoms with Gasteiger partial charge in [0.15, 0.2) is 6.61 Å². The summed E-state index contributed by atoms with van der Waals surface area (Å²) in [4.78, 5) is 33.0. The summed E-state index contributed by atoms with van der Waals surface area (Å²) in [5, 5.41) is 8.37. The van der Waals surface area contributed by atoms with Gasteiger partial charge in [-0.25, -0.2) is 4.79 Å². The van der Waals surface area contributed by atoms with E-state index in [4.69, 9.17) is 9.84 Å². The first-order chi connectivity index (χ1) is 11.1. The van der Waals surface area contributed by atoms with E-state index in [1.807, 2.05) is 17.6 Å². The van der Waals surface area contributed by atoms with E-state index in [2.05, 4.69) is 42.1 Å². The number of carbonyl (C=O) groups is 3. The van der Waals surface area contributed by atoms with Crippen molar-refractivity contribution in [2.45, 2.75) is 26.2 Å². The molecule has 0 unspecified atom stereocenters. The maximum absolute atomic E-state index is 11.6. The van der Waals surface area contributed by atoms with Gasteiger partial charge in [0.25, 0.3) is 11.8 Å². The number of carboxylic acid groups (broad SMARTS) is 1. The molecule has 0 fully saturated rings. The number of halogens is 1. The molecule has 0 aromatic heterocycles. The van der Waals surface area contributed by atoms with Crippen LogP contribution in [0.1, 0.15) is 26.3 Å². The van der Waals surface area contributed by atoms with E-state index in [9.17, 15) is 14.4 Å². The highest BCUT2D eigenvalue weighted by Crippen LogP contribution is 2.31. The summed E-state index contributed by atoms with van der Waals surface area (Å²) in [5.41, 5.74) is 5.25. The average Bonchev–Trinajstić information content (AvgIpc) is 2.48. The molecule has 24 heavy (non-hydrogen) atoms. The molecule has 0 heterocycles. The van der Waals surface area contributed by atoms with E-state index in [0.29, 0.717) is 11.8 Å². The van der Waals surface area contributed by atoms with Gasteiger partial charge in [0, 0.05) is 12.2 Å². The van der Waals surface area contributed by atoms with Crippen molar-refractivity contribution in [2.24, 2.45) is 0 Å². The number of hydrogen-bond donors (Lipinski definition) is 3. The van der Waals surface area contributed by atoms with E-state index in [1.54, 1.807) is 6.07 Å². The number of ether oxygens (including phenoxy) is 1. The number of aliphatic carboxylic acids is 1. The molecule has 0 radical (unpaired) electrons. The van der Waals surface area contributed by atoms with Crippen LogP contribution in [-0.4, -0.2) is 29.5 Å². The Kier molecular flexibility index (Phi) is 6.97. The van der Waals surface area contributed by atoms with Crippen LogP contribution >= 0.6 is 15.9 Å². The van der Waals surface area contributed by atoms with Gasteiger partial charge < -0.3 is 9.84 Å². The molecule has 0 aliphatic rings. The first-order valence-corrected chi connectivity index (χ1v) is 7.81. The second kappa shape index (κ2) is 8.49. The predicted molar refractivity (Wildman–Crippen MR) is 91.4 cm³/mol. The van der Waals surface area contributed by atoms with Gasteiger partial charge in [-0.05, 0) is 39.0 Å². The maximum Gasteiger partial charge on any atom is 0.328 e. The summed E-state index contributed by atoms with van der Waals surface area (Å²) in [6.45, 7) is 5.95. The lowest BCUT2D eigenvalue weighted by atomic mass is 9.87. The lowest BCUT2D eigenvalue weighted by molar-refractivity contribution is -0.131. The molecule has 0 atom stereocenters. The minimum atomic E-state index is -1.26. The van der Waals surface area contributed by atoms with Crippen LogP contribution < -0.4 is 15.6 Å². The molecule has 2 amide bonds. The smallest absolute Gasteiger partial charge is 0.328 e. The molecule has 0 saturated heterocycles. The zero-order valence-electron chi connectivity index (χ0n) is 13.6. The molecule has 0 saturated carbocycles. The van der Waals surface area contributed by atoms with Crippen molar-refractivity contribution in [3.63, 3.8) is 0 Å². The Morgan fingerprint density at radius 1 is 1.21 bits per heavy atom. The van der Waals surface area contributed by atoms with Crippen LogP contribution in [0.5, 0.6) is 5.75 Å². The normalized spacial score (nSPS) is 11.2. The Hall–Kier alpha value is -2.35. The average molecular weight is 399 g/mol. The lowest BCUT2D eigenvalue weighted by Gasteiger charge is -2.20. The summed E-state index contributed by atoms with van der Waals surface area (Å²) in [7, 11) is 0. The van der Waals surface area contributed by atoms with E-state index in [1.165, 1.54) is 0 Å². The monoisotopic (exact) mass is 398 g/mol. The minimum absolute atomic E-state index is 0.00776. The Morgan fingerprint density at radius 2 is 1.88 bits per heavy atom. The van der Waals surface area contributed by atoms with Crippen LogP contribution in [0.25, 0.3) is 0 Å². The van der Waals surface area contributed by atoms with Crippen molar-refractivity contribution in [3.05, 3.63) is 40.4 Å². The SMILES string of the molecule is CC(C)(C)c1ccc(OCC(=O)NNC(=O)C=CC(=O)O)c(Br)c1. The highest BCUT2D eigenvalue weighted by molar-refractivity contribution is 9.10. The standard InChI is InChI=1S/C16H19BrN2O5/c1-16(2,3)10-4-5-12(11(17)8-10)24-9-14(21)19-18-13(20)6-7-15(22)23/h4-8H,9H2,1-3H3,(H,18,20)(H,19,21)(H,22,23). The van der Waals surface area contributed by atoms with Crippen LogP contribution in [0, 0.1) is 0 Å². The number of hydrazine groups is 1. The third-order valence-electron chi connectivity index (χ3n) is 2.86. The number of nitrogens with one attached hydrogen (secondary N) is 2. The Morgan fingerprint density at radius 3 is 2.42 bits per heavy atom. The summed E-state index contributed by atoms with van der Waals surface area (Å²) < 4.78 is 6.09. The topological polar surface area (TPSA) is 105 Å². The molecule has 1 aromatic carbocycles. The number of carbonyl (C=O) groups excluding carboxylic acids is 2. The first-order valence-electron chi connectivity index (χ1n) is 7.02. The third-order valence-corrected chi connectivity index (χ3v) is 3.48. The number of carboxylic acids is 1. The molecule has 8 heteroatoms. The fourth-order valence-corrected chi connectivity index (χ4v) is 2.08. The van der Waals surface area contributed by atoms with Gasteiger partial charge in [-0.1, -0.05) is 26.8 Å². The summed E-state index contributed by atoms with van der Waals surface area (Å²) in [6, 6.07) is 5.59. The van der Waals surface area contributed by atoms with Gasteiger partial charge in [0.2, 0.25) is 0 Å². The quantitative estimate of drug-likeness (QED) is 0.518. The van der Waals surface area contributed by atoms with Gasteiger partial charge in [-0.2, -0.15) is 0 Å². The Bertz CT molecular complexity index is 665. The van der Waals surface area contributed by atoms with Crippen LogP contribution in [0.15, 0.2) is 34.8 Å². The van der Waals surface area contributed by atoms with E-state index in [-0.39, 0.29) is 12.0 Å². The largest absolute Gasteiger partial charge is 0.483 e. The molecular weight excluding hydrogens is 380 g/mol. The van der Waals surface area contributed by atoms with Crippen molar-refractivity contribution in [1.29, 1.82) is 0 Å².